The molecule has 1 aliphatic rings. The van der Waals surface area contributed by atoms with Crippen LogP contribution in [-0.4, -0.2) is 20.6 Å². The Balaban J connectivity index is 1.87. The van der Waals surface area contributed by atoms with E-state index in [4.69, 9.17) is 5.11 Å². The van der Waals surface area contributed by atoms with Gasteiger partial charge in [-0.05, 0) is 12.0 Å². The maximum atomic E-state index is 10.9. The lowest BCUT2D eigenvalue weighted by atomic mass is 9.92. The van der Waals surface area contributed by atoms with E-state index in [0.717, 1.165) is 25.2 Å². The maximum absolute atomic E-state index is 10.9. The molecular formula is C14H14N2O2. The largest absolute Gasteiger partial charge is 0.476 e. The van der Waals surface area contributed by atoms with E-state index < -0.39 is 5.97 Å². The molecule has 0 saturated heterocycles. The minimum Gasteiger partial charge on any atom is -0.476 e. The van der Waals surface area contributed by atoms with Crippen LogP contribution in [-0.2, 0) is 13.0 Å². The zero-order valence-corrected chi connectivity index (χ0v) is 9.91. The van der Waals surface area contributed by atoms with Crippen LogP contribution in [0.1, 0.15) is 34.2 Å². The molecule has 1 N–H and O–H groups in total. The number of carbonyl (C=O) groups is 1. The van der Waals surface area contributed by atoms with Crippen LogP contribution in [0.3, 0.4) is 0 Å². The third kappa shape index (κ3) is 1.90. The highest BCUT2D eigenvalue weighted by Gasteiger charge is 2.22. The van der Waals surface area contributed by atoms with Crippen molar-refractivity contribution >= 4 is 5.97 Å². The van der Waals surface area contributed by atoms with Crippen LogP contribution in [0.5, 0.6) is 0 Å². The first-order chi connectivity index (χ1) is 8.74. The average molecular weight is 242 g/mol. The molecule has 18 heavy (non-hydrogen) atoms. The molecule has 2 heterocycles. The maximum Gasteiger partial charge on any atom is 0.356 e. The Labute approximate surface area is 105 Å². The number of hydrogen-bond acceptors (Lipinski definition) is 2. The fourth-order valence-corrected chi connectivity index (χ4v) is 2.54. The van der Waals surface area contributed by atoms with E-state index in [1.165, 1.54) is 5.56 Å². The lowest BCUT2D eigenvalue weighted by molar-refractivity contribution is 0.0691. The van der Waals surface area contributed by atoms with Gasteiger partial charge < -0.3 is 9.67 Å². The van der Waals surface area contributed by atoms with E-state index in [1.807, 2.05) is 22.8 Å². The molecule has 0 radical (unpaired) electrons. The van der Waals surface area contributed by atoms with Crippen molar-refractivity contribution in [2.24, 2.45) is 0 Å². The first-order valence-electron chi connectivity index (χ1n) is 6.08. The van der Waals surface area contributed by atoms with E-state index in [1.54, 1.807) is 6.20 Å². The number of carboxylic acid groups (broad SMARTS) is 1. The van der Waals surface area contributed by atoms with Crippen LogP contribution >= 0.6 is 0 Å². The van der Waals surface area contributed by atoms with Crippen molar-refractivity contribution in [3.63, 3.8) is 0 Å². The summed E-state index contributed by atoms with van der Waals surface area (Å²) in [6.07, 6.45) is 3.51. The Morgan fingerprint density at radius 3 is 2.83 bits per heavy atom. The first kappa shape index (κ1) is 11.0. The highest BCUT2D eigenvalue weighted by molar-refractivity contribution is 5.85. The van der Waals surface area contributed by atoms with Gasteiger partial charge in [-0.1, -0.05) is 30.3 Å². The molecule has 2 aromatic rings. The molecule has 1 atom stereocenters. The van der Waals surface area contributed by atoms with E-state index in [2.05, 4.69) is 17.1 Å². The van der Waals surface area contributed by atoms with Gasteiger partial charge in [-0.15, -0.1) is 0 Å². The van der Waals surface area contributed by atoms with E-state index in [-0.39, 0.29) is 5.69 Å². The molecule has 0 spiro atoms. The molecule has 0 amide bonds. The summed E-state index contributed by atoms with van der Waals surface area (Å²) in [5, 5.41) is 8.94. The van der Waals surface area contributed by atoms with Crippen LogP contribution in [0, 0.1) is 0 Å². The second kappa shape index (κ2) is 4.29. The Morgan fingerprint density at radius 1 is 1.33 bits per heavy atom. The Hall–Kier alpha value is -2.10. The molecule has 92 valence electrons. The molecule has 0 aliphatic carbocycles. The number of aryl methyl sites for hydroxylation is 1. The second-order valence-electron chi connectivity index (χ2n) is 4.65. The van der Waals surface area contributed by atoms with Crippen molar-refractivity contribution in [2.75, 3.05) is 0 Å². The number of carboxylic acids is 1. The summed E-state index contributed by atoms with van der Waals surface area (Å²) >= 11 is 0. The van der Waals surface area contributed by atoms with Crippen LogP contribution < -0.4 is 0 Å². The van der Waals surface area contributed by atoms with Gasteiger partial charge >= 0.3 is 5.97 Å². The van der Waals surface area contributed by atoms with Gasteiger partial charge in [0.2, 0.25) is 0 Å². The Kier molecular flexibility index (Phi) is 2.63. The second-order valence-corrected chi connectivity index (χ2v) is 4.65. The minimum absolute atomic E-state index is 0.152. The summed E-state index contributed by atoms with van der Waals surface area (Å²) < 4.78 is 1.98. The fraction of sp³-hybridized carbons (Fsp3) is 0.286. The molecule has 0 saturated carbocycles. The van der Waals surface area contributed by atoms with Crippen molar-refractivity contribution in [3.05, 3.63) is 53.6 Å². The molecule has 0 bridgehead atoms. The van der Waals surface area contributed by atoms with Crippen LogP contribution in [0.2, 0.25) is 0 Å². The zero-order valence-electron chi connectivity index (χ0n) is 9.91. The normalized spacial score (nSPS) is 18.3. The van der Waals surface area contributed by atoms with Crippen molar-refractivity contribution in [1.29, 1.82) is 0 Å². The number of imidazole rings is 1. The summed E-state index contributed by atoms with van der Waals surface area (Å²) in [4.78, 5) is 15.0. The fourth-order valence-electron chi connectivity index (χ4n) is 2.54. The minimum atomic E-state index is -0.951. The molecule has 1 aromatic heterocycles. The standard InChI is InChI=1S/C14H14N2O2/c17-14(18)12-9-16-8-11(6-7-13(16)15-12)10-4-2-1-3-5-10/h1-5,9,11H,6-8H2,(H,17,18). The first-order valence-corrected chi connectivity index (χ1v) is 6.08. The summed E-state index contributed by atoms with van der Waals surface area (Å²) in [6.45, 7) is 0.819. The third-order valence-electron chi connectivity index (χ3n) is 3.48. The molecule has 0 fully saturated rings. The third-order valence-corrected chi connectivity index (χ3v) is 3.48. The highest BCUT2D eigenvalue weighted by atomic mass is 16.4. The summed E-state index contributed by atoms with van der Waals surface area (Å²) in [7, 11) is 0. The van der Waals surface area contributed by atoms with E-state index in [9.17, 15) is 4.79 Å². The molecule has 1 unspecified atom stereocenters. The van der Waals surface area contributed by atoms with Gasteiger partial charge in [0.15, 0.2) is 5.69 Å². The number of aromatic carboxylic acids is 1. The van der Waals surface area contributed by atoms with Gasteiger partial charge in [0.25, 0.3) is 0 Å². The van der Waals surface area contributed by atoms with Crippen LogP contribution in [0.4, 0.5) is 0 Å². The average Bonchev–Trinajstić information content (AvgIpc) is 2.82. The van der Waals surface area contributed by atoms with Gasteiger partial charge in [0.05, 0.1) is 0 Å². The summed E-state index contributed by atoms with van der Waals surface area (Å²) in [5.74, 6) is 0.391. The van der Waals surface area contributed by atoms with Gasteiger partial charge in [0, 0.05) is 25.1 Å². The van der Waals surface area contributed by atoms with Crippen LogP contribution in [0.15, 0.2) is 36.5 Å². The van der Waals surface area contributed by atoms with Gasteiger partial charge in [-0.2, -0.15) is 0 Å². The highest BCUT2D eigenvalue weighted by Crippen LogP contribution is 2.28. The number of rotatable bonds is 2. The van der Waals surface area contributed by atoms with Crippen molar-refractivity contribution in [2.45, 2.75) is 25.3 Å². The van der Waals surface area contributed by atoms with Crippen molar-refractivity contribution in [1.82, 2.24) is 9.55 Å². The quantitative estimate of drug-likeness (QED) is 0.879. The lowest BCUT2D eigenvalue weighted by Crippen LogP contribution is -2.18. The molecular weight excluding hydrogens is 228 g/mol. The number of benzene rings is 1. The van der Waals surface area contributed by atoms with Crippen molar-refractivity contribution < 1.29 is 9.90 Å². The molecule has 4 heteroatoms. The Morgan fingerprint density at radius 2 is 2.11 bits per heavy atom. The van der Waals surface area contributed by atoms with Gasteiger partial charge in [-0.25, -0.2) is 9.78 Å². The smallest absolute Gasteiger partial charge is 0.356 e. The predicted molar refractivity (Wildman–Crippen MR) is 66.7 cm³/mol. The lowest BCUT2D eigenvalue weighted by Gasteiger charge is -2.23. The van der Waals surface area contributed by atoms with E-state index >= 15 is 0 Å². The molecule has 1 aromatic carbocycles. The summed E-state index contributed by atoms with van der Waals surface area (Å²) in [5.41, 5.74) is 1.47. The van der Waals surface area contributed by atoms with Gasteiger partial charge in [-0.3, -0.25) is 0 Å². The topological polar surface area (TPSA) is 55.1 Å². The number of nitrogens with zero attached hydrogens (tertiary/aromatic N) is 2. The predicted octanol–water partition coefficient (Wildman–Crippen LogP) is 2.31. The number of fused-ring (bicyclic) bond motifs is 1. The number of aromatic nitrogens is 2. The SMILES string of the molecule is O=C(O)c1cn2c(n1)CCC(c1ccccc1)C2. The van der Waals surface area contributed by atoms with Gasteiger partial charge in [0.1, 0.15) is 5.82 Å². The van der Waals surface area contributed by atoms with Crippen LogP contribution in [0.25, 0.3) is 0 Å². The molecule has 3 rings (SSSR count). The zero-order chi connectivity index (χ0) is 12.5. The summed E-state index contributed by atoms with van der Waals surface area (Å²) in [6, 6.07) is 10.4. The Bertz CT molecular complexity index is 575. The number of hydrogen-bond donors (Lipinski definition) is 1. The van der Waals surface area contributed by atoms with Crippen molar-refractivity contribution in [3.8, 4) is 0 Å². The van der Waals surface area contributed by atoms with E-state index in [0.29, 0.717) is 5.92 Å². The molecule has 1 aliphatic heterocycles. The molecule has 4 nitrogen and oxygen atoms in total. The monoisotopic (exact) mass is 242 g/mol.